The SMILES string of the molecule is Cn1[nH]c(Cc2cccc(Cl)c2Cl)cc1=O. The Kier molecular flexibility index (Phi) is 3.08. The molecular formula is C11H10Cl2N2O. The summed E-state index contributed by atoms with van der Waals surface area (Å²) in [4.78, 5) is 11.3. The van der Waals surface area contributed by atoms with Gasteiger partial charge in [-0.2, -0.15) is 0 Å². The molecule has 84 valence electrons. The second kappa shape index (κ2) is 4.36. The Morgan fingerprint density at radius 1 is 1.38 bits per heavy atom. The van der Waals surface area contributed by atoms with Crippen molar-refractivity contribution in [1.82, 2.24) is 9.78 Å². The van der Waals surface area contributed by atoms with Crippen LogP contribution in [0.15, 0.2) is 29.1 Å². The first-order chi connectivity index (χ1) is 7.58. The van der Waals surface area contributed by atoms with Crippen LogP contribution in [-0.2, 0) is 13.5 Å². The third-order valence-electron chi connectivity index (χ3n) is 2.35. The summed E-state index contributed by atoms with van der Waals surface area (Å²) >= 11 is 12.0. The highest BCUT2D eigenvalue weighted by Gasteiger charge is 2.07. The van der Waals surface area contributed by atoms with Crippen LogP contribution in [0.1, 0.15) is 11.3 Å². The normalized spacial score (nSPS) is 10.7. The van der Waals surface area contributed by atoms with E-state index in [0.29, 0.717) is 16.5 Å². The first kappa shape index (κ1) is 11.3. The van der Waals surface area contributed by atoms with Gasteiger partial charge >= 0.3 is 0 Å². The van der Waals surface area contributed by atoms with Gasteiger partial charge in [-0.1, -0.05) is 35.3 Å². The van der Waals surface area contributed by atoms with Crippen molar-refractivity contribution < 1.29 is 0 Å². The molecule has 2 aromatic rings. The summed E-state index contributed by atoms with van der Waals surface area (Å²) in [6.45, 7) is 0. The van der Waals surface area contributed by atoms with Crippen LogP contribution in [0.3, 0.4) is 0 Å². The Morgan fingerprint density at radius 2 is 2.12 bits per heavy atom. The first-order valence-electron chi connectivity index (χ1n) is 4.75. The molecule has 16 heavy (non-hydrogen) atoms. The summed E-state index contributed by atoms with van der Waals surface area (Å²) in [7, 11) is 1.67. The molecular weight excluding hydrogens is 247 g/mol. The Balaban J connectivity index is 2.34. The van der Waals surface area contributed by atoms with Gasteiger partial charge in [-0.05, 0) is 11.6 Å². The molecule has 1 heterocycles. The Bertz CT molecular complexity index is 572. The van der Waals surface area contributed by atoms with Gasteiger partial charge in [0, 0.05) is 25.2 Å². The average Bonchev–Trinajstić information content (AvgIpc) is 2.54. The molecule has 0 fully saturated rings. The molecule has 0 saturated carbocycles. The van der Waals surface area contributed by atoms with E-state index < -0.39 is 0 Å². The molecule has 0 bridgehead atoms. The summed E-state index contributed by atoms with van der Waals surface area (Å²) in [6.07, 6.45) is 0.565. The van der Waals surface area contributed by atoms with Gasteiger partial charge in [-0.15, -0.1) is 0 Å². The zero-order chi connectivity index (χ0) is 11.7. The number of halogens is 2. The molecule has 0 atom stereocenters. The summed E-state index contributed by atoms with van der Waals surface area (Å²) in [5, 5.41) is 4.00. The number of aryl methyl sites for hydroxylation is 1. The highest BCUT2D eigenvalue weighted by Crippen LogP contribution is 2.26. The van der Waals surface area contributed by atoms with Gasteiger partial charge in [0.15, 0.2) is 0 Å². The third kappa shape index (κ3) is 2.15. The van der Waals surface area contributed by atoms with Crippen molar-refractivity contribution in [2.45, 2.75) is 6.42 Å². The number of aromatic amines is 1. The largest absolute Gasteiger partial charge is 0.300 e. The lowest BCUT2D eigenvalue weighted by Gasteiger charge is -2.03. The van der Waals surface area contributed by atoms with Crippen LogP contribution in [0, 0.1) is 0 Å². The van der Waals surface area contributed by atoms with Crippen molar-refractivity contribution >= 4 is 23.2 Å². The van der Waals surface area contributed by atoms with Crippen molar-refractivity contribution in [3.05, 3.63) is 55.9 Å². The lowest BCUT2D eigenvalue weighted by atomic mass is 10.1. The highest BCUT2D eigenvalue weighted by molar-refractivity contribution is 6.42. The van der Waals surface area contributed by atoms with E-state index in [1.807, 2.05) is 12.1 Å². The molecule has 1 aromatic carbocycles. The number of aromatic nitrogens is 2. The Morgan fingerprint density at radius 3 is 2.75 bits per heavy atom. The van der Waals surface area contributed by atoms with Gasteiger partial charge in [0.05, 0.1) is 10.0 Å². The fourth-order valence-electron chi connectivity index (χ4n) is 1.53. The molecule has 0 spiro atoms. The number of benzene rings is 1. The number of rotatable bonds is 2. The second-order valence-electron chi connectivity index (χ2n) is 3.57. The molecule has 0 radical (unpaired) electrons. The third-order valence-corrected chi connectivity index (χ3v) is 3.21. The van der Waals surface area contributed by atoms with Crippen LogP contribution >= 0.6 is 23.2 Å². The maximum absolute atomic E-state index is 11.3. The number of hydrogen-bond donors (Lipinski definition) is 1. The van der Waals surface area contributed by atoms with Crippen molar-refractivity contribution in [2.75, 3.05) is 0 Å². The number of H-pyrrole nitrogens is 1. The standard InChI is InChI=1S/C11H10Cl2N2O/c1-15-10(16)6-8(14-15)5-7-3-2-4-9(12)11(7)13/h2-4,6,14H,5H2,1H3. The zero-order valence-electron chi connectivity index (χ0n) is 8.63. The van der Waals surface area contributed by atoms with Crippen molar-refractivity contribution in [3.8, 4) is 0 Å². The average molecular weight is 257 g/mol. The van der Waals surface area contributed by atoms with Crippen LogP contribution in [0.25, 0.3) is 0 Å². The van der Waals surface area contributed by atoms with E-state index in [0.717, 1.165) is 11.3 Å². The van der Waals surface area contributed by atoms with Crippen molar-refractivity contribution in [3.63, 3.8) is 0 Å². The van der Waals surface area contributed by atoms with E-state index in [1.165, 1.54) is 4.68 Å². The number of hydrogen-bond acceptors (Lipinski definition) is 1. The van der Waals surface area contributed by atoms with Crippen LogP contribution in [0.4, 0.5) is 0 Å². The summed E-state index contributed by atoms with van der Waals surface area (Å²) in [5.41, 5.74) is 1.65. The van der Waals surface area contributed by atoms with Gasteiger partial charge in [-0.25, -0.2) is 0 Å². The van der Waals surface area contributed by atoms with Crippen LogP contribution in [0.5, 0.6) is 0 Å². The van der Waals surface area contributed by atoms with Gasteiger partial charge < -0.3 is 0 Å². The molecule has 1 aromatic heterocycles. The molecule has 3 nitrogen and oxygen atoms in total. The smallest absolute Gasteiger partial charge is 0.266 e. The first-order valence-corrected chi connectivity index (χ1v) is 5.51. The van der Waals surface area contributed by atoms with Crippen LogP contribution in [-0.4, -0.2) is 9.78 Å². The van der Waals surface area contributed by atoms with Crippen LogP contribution < -0.4 is 5.56 Å². The van der Waals surface area contributed by atoms with E-state index in [9.17, 15) is 4.79 Å². The van der Waals surface area contributed by atoms with E-state index in [4.69, 9.17) is 23.2 Å². The minimum Gasteiger partial charge on any atom is -0.300 e. The minimum absolute atomic E-state index is 0.0619. The zero-order valence-corrected chi connectivity index (χ0v) is 10.1. The molecule has 0 aliphatic heterocycles. The predicted octanol–water partition coefficient (Wildman–Crippen LogP) is 2.61. The maximum atomic E-state index is 11.3. The number of nitrogens with one attached hydrogen (secondary N) is 1. The Hall–Kier alpha value is -1.19. The van der Waals surface area contributed by atoms with E-state index in [1.54, 1.807) is 19.2 Å². The molecule has 2 rings (SSSR count). The lowest BCUT2D eigenvalue weighted by Crippen LogP contribution is -2.09. The maximum Gasteiger partial charge on any atom is 0.266 e. The van der Waals surface area contributed by atoms with Crippen molar-refractivity contribution in [1.29, 1.82) is 0 Å². The quantitative estimate of drug-likeness (QED) is 0.882. The lowest BCUT2D eigenvalue weighted by molar-refractivity contribution is 0.725. The molecule has 0 amide bonds. The van der Waals surface area contributed by atoms with Crippen molar-refractivity contribution in [2.24, 2.45) is 7.05 Å². The summed E-state index contributed by atoms with van der Waals surface area (Å²) in [6, 6.07) is 7.02. The van der Waals surface area contributed by atoms with E-state index >= 15 is 0 Å². The second-order valence-corrected chi connectivity index (χ2v) is 4.35. The fourth-order valence-corrected chi connectivity index (χ4v) is 1.92. The Labute approximate surface area is 103 Å². The summed E-state index contributed by atoms with van der Waals surface area (Å²) in [5.74, 6) is 0. The predicted molar refractivity (Wildman–Crippen MR) is 65.3 cm³/mol. The van der Waals surface area contributed by atoms with Crippen LogP contribution in [0.2, 0.25) is 10.0 Å². The van der Waals surface area contributed by atoms with Gasteiger partial charge in [0.1, 0.15) is 0 Å². The highest BCUT2D eigenvalue weighted by atomic mass is 35.5. The number of nitrogens with zero attached hydrogens (tertiary/aromatic N) is 1. The molecule has 5 heteroatoms. The van der Waals surface area contributed by atoms with Gasteiger partial charge in [0.2, 0.25) is 0 Å². The topological polar surface area (TPSA) is 37.8 Å². The molecule has 0 unspecified atom stereocenters. The van der Waals surface area contributed by atoms with Gasteiger partial charge in [-0.3, -0.25) is 14.6 Å². The van der Waals surface area contributed by atoms with E-state index in [2.05, 4.69) is 5.10 Å². The molecule has 0 aliphatic rings. The summed E-state index contributed by atoms with van der Waals surface area (Å²) < 4.78 is 1.42. The molecule has 0 aliphatic carbocycles. The van der Waals surface area contributed by atoms with E-state index in [-0.39, 0.29) is 5.56 Å². The molecule has 1 N–H and O–H groups in total. The molecule has 0 saturated heterocycles. The fraction of sp³-hybridized carbons (Fsp3) is 0.182. The monoisotopic (exact) mass is 256 g/mol. The minimum atomic E-state index is -0.0619. The van der Waals surface area contributed by atoms with Gasteiger partial charge in [0.25, 0.3) is 5.56 Å².